The van der Waals surface area contributed by atoms with Gasteiger partial charge in [-0.15, -0.1) is 0 Å². The Morgan fingerprint density at radius 3 is 2.22 bits per heavy atom. The van der Waals surface area contributed by atoms with E-state index in [0.717, 1.165) is 16.7 Å². The van der Waals surface area contributed by atoms with Crippen LogP contribution in [-0.2, 0) is 11.2 Å². The number of ether oxygens (including phenoxy) is 5. The Bertz CT molecular complexity index is 1270. The summed E-state index contributed by atoms with van der Waals surface area (Å²) in [4.78, 5) is 15.2. The van der Waals surface area contributed by atoms with Gasteiger partial charge in [-0.1, -0.05) is 6.07 Å². The summed E-state index contributed by atoms with van der Waals surface area (Å²) < 4.78 is 41.0. The molecule has 0 unspecified atom stereocenters. The Morgan fingerprint density at radius 1 is 0.892 bits per heavy atom. The summed E-state index contributed by atoms with van der Waals surface area (Å²) in [5.74, 6) is 2.40. The third-order valence-electron chi connectivity index (χ3n) is 6.33. The van der Waals surface area contributed by atoms with Gasteiger partial charge in [-0.25, -0.2) is 4.39 Å². The second-order valence-corrected chi connectivity index (χ2v) is 8.42. The van der Waals surface area contributed by atoms with Crippen LogP contribution < -0.4 is 23.7 Å². The summed E-state index contributed by atoms with van der Waals surface area (Å²) >= 11 is 0. The fourth-order valence-corrected chi connectivity index (χ4v) is 4.40. The summed E-state index contributed by atoms with van der Waals surface area (Å²) in [6, 6.07) is 14.7. The first-order valence-electron chi connectivity index (χ1n) is 11.8. The van der Waals surface area contributed by atoms with Crippen LogP contribution in [0.4, 0.5) is 4.39 Å². The van der Waals surface area contributed by atoms with Gasteiger partial charge in [0.05, 0.1) is 34.5 Å². The Kier molecular flexibility index (Phi) is 8.18. The van der Waals surface area contributed by atoms with Crippen LogP contribution in [0.25, 0.3) is 6.08 Å². The molecule has 1 atom stereocenters. The van der Waals surface area contributed by atoms with E-state index in [-0.39, 0.29) is 18.3 Å². The van der Waals surface area contributed by atoms with Crippen molar-refractivity contribution in [1.29, 1.82) is 0 Å². The highest BCUT2D eigenvalue weighted by Gasteiger charge is 2.32. The van der Waals surface area contributed by atoms with Crippen molar-refractivity contribution in [2.45, 2.75) is 12.5 Å². The van der Waals surface area contributed by atoms with Gasteiger partial charge in [-0.3, -0.25) is 4.79 Å². The molecular weight excluding hydrogens is 477 g/mol. The molecule has 0 saturated heterocycles. The van der Waals surface area contributed by atoms with Crippen LogP contribution in [0, 0.1) is 5.82 Å². The number of carbonyl (C=O) groups excluding carboxylic acids is 1. The Morgan fingerprint density at radius 2 is 1.54 bits per heavy atom. The zero-order valence-corrected chi connectivity index (χ0v) is 21.3. The fourth-order valence-electron chi connectivity index (χ4n) is 4.40. The molecule has 0 saturated carbocycles. The molecule has 7 nitrogen and oxygen atoms in total. The average molecular weight is 508 g/mol. The molecule has 4 rings (SSSR count). The number of carbonyl (C=O) groups is 1. The molecule has 0 aromatic heterocycles. The van der Waals surface area contributed by atoms with E-state index in [4.69, 9.17) is 23.7 Å². The maximum Gasteiger partial charge on any atom is 0.247 e. The molecule has 3 aromatic carbocycles. The van der Waals surface area contributed by atoms with Crippen LogP contribution in [0.3, 0.4) is 0 Å². The van der Waals surface area contributed by atoms with E-state index in [2.05, 4.69) is 0 Å². The van der Waals surface area contributed by atoms with Gasteiger partial charge in [0, 0.05) is 12.6 Å². The Labute approximate surface area is 216 Å². The van der Waals surface area contributed by atoms with Gasteiger partial charge in [-0.2, -0.15) is 0 Å². The van der Waals surface area contributed by atoms with Crippen LogP contribution in [0.15, 0.2) is 60.7 Å². The van der Waals surface area contributed by atoms with Gasteiger partial charge in [0.2, 0.25) is 5.91 Å². The number of hydrogen-bond acceptors (Lipinski definition) is 6. The van der Waals surface area contributed by atoms with Crippen LogP contribution in [0.1, 0.15) is 22.7 Å². The van der Waals surface area contributed by atoms with Gasteiger partial charge < -0.3 is 28.6 Å². The van der Waals surface area contributed by atoms with Gasteiger partial charge in [0.15, 0.2) is 23.0 Å². The van der Waals surface area contributed by atoms with Crippen LogP contribution >= 0.6 is 0 Å². The zero-order valence-electron chi connectivity index (χ0n) is 21.3. The number of fused-ring (bicyclic) bond motifs is 1. The minimum absolute atomic E-state index is 0.164. The topological polar surface area (TPSA) is 66.5 Å². The van der Waals surface area contributed by atoms with E-state index < -0.39 is 6.04 Å². The molecule has 0 spiro atoms. The number of methoxy groups -OCH3 is 4. The molecule has 0 radical (unpaired) electrons. The van der Waals surface area contributed by atoms with Gasteiger partial charge in [-0.05, 0) is 77.7 Å². The van der Waals surface area contributed by atoms with Crippen molar-refractivity contribution in [2.24, 2.45) is 0 Å². The summed E-state index contributed by atoms with van der Waals surface area (Å²) in [5, 5.41) is 0. The molecule has 37 heavy (non-hydrogen) atoms. The van der Waals surface area contributed by atoms with Gasteiger partial charge in [0.25, 0.3) is 0 Å². The van der Waals surface area contributed by atoms with E-state index in [9.17, 15) is 9.18 Å². The molecule has 194 valence electrons. The second kappa shape index (κ2) is 11.7. The van der Waals surface area contributed by atoms with E-state index >= 15 is 0 Å². The molecular formula is C29H30FNO6. The van der Waals surface area contributed by atoms with Crippen molar-refractivity contribution in [3.63, 3.8) is 0 Å². The summed E-state index contributed by atoms with van der Waals surface area (Å²) in [6.07, 6.45) is 3.93. The highest BCUT2D eigenvalue weighted by Crippen LogP contribution is 2.38. The molecule has 0 bridgehead atoms. The minimum atomic E-state index is -0.392. The number of benzene rings is 3. The van der Waals surface area contributed by atoms with E-state index in [0.29, 0.717) is 41.7 Å². The summed E-state index contributed by atoms with van der Waals surface area (Å²) in [5.41, 5.74) is 2.77. The third-order valence-corrected chi connectivity index (χ3v) is 6.33. The van der Waals surface area contributed by atoms with Crippen molar-refractivity contribution >= 4 is 12.0 Å². The van der Waals surface area contributed by atoms with Gasteiger partial charge >= 0.3 is 0 Å². The Balaban J connectivity index is 1.63. The number of halogens is 1. The largest absolute Gasteiger partial charge is 0.493 e. The highest BCUT2D eigenvalue weighted by molar-refractivity contribution is 5.92. The van der Waals surface area contributed by atoms with E-state index in [1.807, 2.05) is 18.2 Å². The van der Waals surface area contributed by atoms with Crippen molar-refractivity contribution < 1.29 is 32.9 Å². The molecule has 1 aliphatic heterocycles. The maximum absolute atomic E-state index is 13.4. The lowest BCUT2D eigenvalue weighted by atomic mass is 9.92. The quantitative estimate of drug-likeness (QED) is 0.377. The van der Waals surface area contributed by atoms with Crippen molar-refractivity contribution in [2.75, 3.05) is 41.6 Å². The molecule has 0 fully saturated rings. The molecule has 1 amide bonds. The molecule has 1 heterocycles. The molecule has 1 aliphatic rings. The molecule has 0 N–H and O–H groups in total. The minimum Gasteiger partial charge on any atom is -0.493 e. The lowest BCUT2D eigenvalue weighted by Gasteiger charge is -2.37. The summed E-state index contributed by atoms with van der Waals surface area (Å²) in [6.45, 7) is 0.680. The number of hydrogen-bond donors (Lipinski definition) is 0. The predicted octanol–water partition coefficient (Wildman–Crippen LogP) is 5.08. The first-order valence-corrected chi connectivity index (χ1v) is 11.8. The summed E-state index contributed by atoms with van der Waals surface area (Å²) in [7, 11) is 6.31. The first-order chi connectivity index (χ1) is 18.0. The van der Waals surface area contributed by atoms with E-state index in [1.165, 1.54) is 18.2 Å². The smallest absolute Gasteiger partial charge is 0.247 e. The third kappa shape index (κ3) is 5.80. The van der Waals surface area contributed by atoms with Gasteiger partial charge in [0.1, 0.15) is 18.2 Å². The lowest BCUT2D eigenvalue weighted by molar-refractivity contribution is -0.129. The van der Waals surface area contributed by atoms with Crippen LogP contribution in [-0.4, -0.2) is 52.4 Å². The first kappa shape index (κ1) is 25.9. The number of rotatable bonds is 9. The molecule has 0 aliphatic carbocycles. The SMILES string of the molecule is COc1ccc(/C=C/C(=O)N2CCc3cc(OC)c(OC)cc3[C@@H]2COc2ccc(F)cc2)cc1OC. The zero-order chi connectivity index (χ0) is 26.4. The van der Waals surface area contributed by atoms with E-state index in [1.54, 1.807) is 63.7 Å². The number of nitrogens with zero attached hydrogens (tertiary/aromatic N) is 1. The van der Waals surface area contributed by atoms with Crippen molar-refractivity contribution in [1.82, 2.24) is 4.90 Å². The highest BCUT2D eigenvalue weighted by atomic mass is 19.1. The maximum atomic E-state index is 13.4. The lowest BCUT2D eigenvalue weighted by Crippen LogP contribution is -2.41. The molecule has 8 heteroatoms. The van der Waals surface area contributed by atoms with Crippen LogP contribution in [0.2, 0.25) is 0 Å². The average Bonchev–Trinajstić information content (AvgIpc) is 2.94. The predicted molar refractivity (Wildman–Crippen MR) is 138 cm³/mol. The number of amides is 1. The van der Waals surface area contributed by atoms with Crippen molar-refractivity contribution in [3.8, 4) is 28.7 Å². The normalized spacial score (nSPS) is 14.7. The molecule has 3 aromatic rings. The Hall–Kier alpha value is -4.20. The van der Waals surface area contributed by atoms with Crippen molar-refractivity contribution in [3.05, 3.63) is 83.2 Å². The standard InChI is InChI=1S/C29H30FNO6/c1-33-25-11-5-19(15-26(25)34-2)6-12-29(32)31-14-13-20-16-27(35-3)28(36-4)17-23(20)24(31)18-37-22-9-7-21(30)8-10-22/h5-12,15-17,24H,13-14,18H2,1-4H3/b12-6+/t24-/m0/s1. The fraction of sp³-hybridized carbons (Fsp3) is 0.276. The van der Waals surface area contributed by atoms with Crippen LogP contribution in [0.5, 0.6) is 28.7 Å². The second-order valence-electron chi connectivity index (χ2n) is 8.42. The monoisotopic (exact) mass is 507 g/mol.